The number of benzene rings is 1. The quantitative estimate of drug-likeness (QED) is 0.687. The molecule has 1 amide bonds. The summed E-state index contributed by atoms with van der Waals surface area (Å²) in [7, 11) is 0. The van der Waals surface area contributed by atoms with Gasteiger partial charge in [-0.25, -0.2) is 0 Å². The molecule has 1 aromatic carbocycles. The van der Waals surface area contributed by atoms with Crippen molar-refractivity contribution in [1.29, 1.82) is 0 Å². The molecule has 1 N–H and O–H groups in total. The van der Waals surface area contributed by atoms with E-state index in [1.54, 1.807) is 18.5 Å². The van der Waals surface area contributed by atoms with E-state index < -0.39 is 0 Å². The zero-order valence-corrected chi connectivity index (χ0v) is 14.9. The SMILES string of the molecule is O=C(NCc1ccc(OCc2ccccn2)cc1)c1cncc(Br)c1. The number of amides is 1. The molecule has 0 spiro atoms. The van der Waals surface area contributed by atoms with Gasteiger partial charge in [-0.1, -0.05) is 18.2 Å². The van der Waals surface area contributed by atoms with Gasteiger partial charge in [-0.15, -0.1) is 0 Å². The predicted molar refractivity (Wildman–Crippen MR) is 98.1 cm³/mol. The Labute approximate surface area is 154 Å². The number of halogens is 1. The number of nitrogens with zero attached hydrogens (tertiary/aromatic N) is 2. The lowest BCUT2D eigenvalue weighted by atomic mass is 10.2. The Morgan fingerprint density at radius 1 is 1.12 bits per heavy atom. The molecule has 0 saturated carbocycles. The first-order chi connectivity index (χ1) is 12.2. The van der Waals surface area contributed by atoms with Crippen LogP contribution in [0.3, 0.4) is 0 Å². The lowest BCUT2D eigenvalue weighted by molar-refractivity contribution is 0.0950. The maximum atomic E-state index is 12.1. The number of carbonyl (C=O) groups excluding carboxylic acids is 1. The zero-order valence-electron chi connectivity index (χ0n) is 13.4. The molecule has 0 unspecified atom stereocenters. The molecule has 2 heterocycles. The number of nitrogens with one attached hydrogen (secondary N) is 1. The third-order valence-electron chi connectivity index (χ3n) is 3.46. The van der Waals surface area contributed by atoms with Crippen LogP contribution in [0.25, 0.3) is 0 Å². The summed E-state index contributed by atoms with van der Waals surface area (Å²) in [6.07, 6.45) is 4.92. The third kappa shape index (κ3) is 5.12. The van der Waals surface area contributed by atoms with E-state index in [0.29, 0.717) is 18.7 Å². The zero-order chi connectivity index (χ0) is 17.5. The number of hydrogen-bond acceptors (Lipinski definition) is 4. The second-order valence-electron chi connectivity index (χ2n) is 5.33. The van der Waals surface area contributed by atoms with Crippen LogP contribution in [0.1, 0.15) is 21.6 Å². The molecule has 3 aromatic rings. The average molecular weight is 398 g/mol. The molecule has 0 radical (unpaired) electrons. The summed E-state index contributed by atoms with van der Waals surface area (Å²) in [6, 6.07) is 15.1. The van der Waals surface area contributed by atoms with E-state index in [9.17, 15) is 4.79 Å². The van der Waals surface area contributed by atoms with Gasteiger partial charge in [0.05, 0.1) is 11.3 Å². The van der Waals surface area contributed by atoms with E-state index in [0.717, 1.165) is 21.5 Å². The molecule has 6 heteroatoms. The summed E-state index contributed by atoms with van der Waals surface area (Å²) >= 11 is 3.31. The molecule has 0 atom stereocenters. The largest absolute Gasteiger partial charge is 0.487 e. The van der Waals surface area contributed by atoms with Gasteiger partial charge in [-0.2, -0.15) is 0 Å². The van der Waals surface area contributed by atoms with Crippen molar-refractivity contribution in [3.63, 3.8) is 0 Å². The Morgan fingerprint density at radius 3 is 2.68 bits per heavy atom. The van der Waals surface area contributed by atoms with Crippen LogP contribution in [-0.4, -0.2) is 15.9 Å². The van der Waals surface area contributed by atoms with Gasteiger partial charge in [0.1, 0.15) is 12.4 Å². The molecule has 0 saturated heterocycles. The summed E-state index contributed by atoms with van der Waals surface area (Å²) in [5.74, 6) is 0.598. The molecule has 0 bridgehead atoms. The second kappa shape index (κ2) is 8.39. The topological polar surface area (TPSA) is 64.1 Å². The molecular formula is C19H16BrN3O2. The van der Waals surface area contributed by atoms with Gasteiger partial charge in [0.25, 0.3) is 5.91 Å². The molecule has 126 valence electrons. The van der Waals surface area contributed by atoms with Gasteiger partial charge >= 0.3 is 0 Å². The van der Waals surface area contributed by atoms with Gasteiger partial charge in [0.2, 0.25) is 0 Å². The lowest BCUT2D eigenvalue weighted by Gasteiger charge is -2.08. The Bertz CT molecular complexity index is 839. The van der Waals surface area contributed by atoms with E-state index in [2.05, 4.69) is 31.2 Å². The van der Waals surface area contributed by atoms with Gasteiger partial charge < -0.3 is 10.1 Å². The van der Waals surface area contributed by atoms with Crippen molar-refractivity contribution in [2.45, 2.75) is 13.2 Å². The second-order valence-corrected chi connectivity index (χ2v) is 6.24. The number of ether oxygens (including phenoxy) is 1. The number of aromatic nitrogens is 2. The Hall–Kier alpha value is -2.73. The van der Waals surface area contributed by atoms with E-state index in [-0.39, 0.29) is 5.91 Å². The number of carbonyl (C=O) groups is 1. The Balaban J connectivity index is 1.51. The molecule has 2 aromatic heterocycles. The average Bonchev–Trinajstić information content (AvgIpc) is 2.66. The van der Waals surface area contributed by atoms with E-state index in [1.165, 1.54) is 6.20 Å². The predicted octanol–water partition coefficient (Wildman–Crippen LogP) is 3.75. The molecule has 0 aliphatic rings. The third-order valence-corrected chi connectivity index (χ3v) is 3.89. The molecule has 0 aliphatic carbocycles. The first-order valence-electron chi connectivity index (χ1n) is 7.71. The molecular weight excluding hydrogens is 382 g/mol. The van der Waals surface area contributed by atoms with Crippen molar-refractivity contribution in [1.82, 2.24) is 15.3 Å². The highest BCUT2D eigenvalue weighted by Crippen LogP contribution is 2.14. The van der Waals surface area contributed by atoms with Crippen LogP contribution >= 0.6 is 15.9 Å². The van der Waals surface area contributed by atoms with E-state index in [4.69, 9.17) is 4.74 Å². The van der Waals surface area contributed by atoms with Crippen molar-refractivity contribution < 1.29 is 9.53 Å². The summed E-state index contributed by atoms with van der Waals surface area (Å²) in [6.45, 7) is 0.860. The molecule has 0 fully saturated rings. The lowest BCUT2D eigenvalue weighted by Crippen LogP contribution is -2.22. The van der Waals surface area contributed by atoms with Gasteiger partial charge in [0, 0.05) is 29.6 Å². The summed E-state index contributed by atoms with van der Waals surface area (Å²) in [5.41, 5.74) is 2.38. The highest BCUT2D eigenvalue weighted by molar-refractivity contribution is 9.10. The smallest absolute Gasteiger partial charge is 0.253 e. The molecule has 5 nitrogen and oxygen atoms in total. The standard InChI is InChI=1S/C19H16BrN3O2/c20-16-9-15(11-21-12-16)19(24)23-10-14-4-6-18(7-5-14)25-13-17-3-1-2-8-22-17/h1-9,11-12H,10,13H2,(H,23,24). The molecule has 3 rings (SSSR count). The van der Waals surface area contributed by atoms with Crippen LogP contribution in [0, 0.1) is 0 Å². The van der Waals surface area contributed by atoms with Crippen molar-refractivity contribution in [2.75, 3.05) is 0 Å². The Kier molecular flexibility index (Phi) is 5.74. The fraction of sp³-hybridized carbons (Fsp3) is 0.105. The minimum absolute atomic E-state index is 0.163. The van der Waals surface area contributed by atoms with E-state index >= 15 is 0 Å². The van der Waals surface area contributed by atoms with Crippen LogP contribution in [0.5, 0.6) is 5.75 Å². The van der Waals surface area contributed by atoms with Gasteiger partial charge in [-0.3, -0.25) is 14.8 Å². The maximum Gasteiger partial charge on any atom is 0.253 e. The minimum atomic E-state index is -0.163. The fourth-order valence-electron chi connectivity index (χ4n) is 2.16. The van der Waals surface area contributed by atoms with Crippen LogP contribution in [-0.2, 0) is 13.2 Å². The Morgan fingerprint density at radius 2 is 1.96 bits per heavy atom. The fourth-order valence-corrected chi connectivity index (χ4v) is 2.53. The monoisotopic (exact) mass is 397 g/mol. The number of rotatable bonds is 6. The highest BCUT2D eigenvalue weighted by atomic mass is 79.9. The normalized spacial score (nSPS) is 10.3. The van der Waals surface area contributed by atoms with Crippen molar-refractivity contribution in [2.24, 2.45) is 0 Å². The maximum absolute atomic E-state index is 12.1. The van der Waals surface area contributed by atoms with Gasteiger partial charge in [-0.05, 0) is 51.8 Å². The number of pyridine rings is 2. The summed E-state index contributed by atoms with van der Waals surface area (Å²) in [5, 5.41) is 2.87. The van der Waals surface area contributed by atoms with Crippen LogP contribution in [0.4, 0.5) is 0 Å². The van der Waals surface area contributed by atoms with Crippen molar-refractivity contribution in [3.8, 4) is 5.75 Å². The summed E-state index contributed by atoms with van der Waals surface area (Å²) < 4.78 is 6.46. The first kappa shape index (κ1) is 17.1. The highest BCUT2D eigenvalue weighted by Gasteiger charge is 2.06. The van der Waals surface area contributed by atoms with E-state index in [1.807, 2.05) is 42.5 Å². The number of hydrogen-bond donors (Lipinski definition) is 1. The minimum Gasteiger partial charge on any atom is -0.487 e. The first-order valence-corrected chi connectivity index (χ1v) is 8.50. The summed E-state index contributed by atoms with van der Waals surface area (Å²) in [4.78, 5) is 20.3. The van der Waals surface area contributed by atoms with Crippen LogP contribution in [0.15, 0.2) is 71.6 Å². The van der Waals surface area contributed by atoms with Gasteiger partial charge in [0.15, 0.2) is 0 Å². The molecule has 0 aliphatic heterocycles. The molecule has 25 heavy (non-hydrogen) atoms. The van der Waals surface area contributed by atoms with Crippen molar-refractivity contribution in [3.05, 3.63) is 88.4 Å². The van der Waals surface area contributed by atoms with Crippen LogP contribution in [0.2, 0.25) is 0 Å². The van der Waals surface area contributed by atoms with Crippen molar-refractivity contribution >= 4 is 21.8 Å². The van der Waals surface area contributed by atoms with Crippen LogP contribution < -0.4 is 10.1 Å².